The predicted octanol–water partition coefficient (Wildman–Crippen LogP) is 2.65. The number of alkyl halides is 3. The number of aliphatic carboxylic acids is 1. The number of nitrogens with two attached hydrogens (primary N) is 1. The zero-order chi connectivity index (χ0) is 25.7. The summed E-state index contributed by atoms with van der Waals surface area (Å²) in [5.74, 6) is -2.93. The van der Waals surface area contributed by atoms with Crippen LogP contribution < -0.4 is 5.73 Å². The Morgan fingerprint density at radius 3 is 2.09 bits per heavy atom. The number of halogens is 3. The van der Waals surface area contributed by atoms with Crippen LogP contribution in [0.15, 0.2) is 0 Å². The molecule has 2 rings (SSSR count). The lowest BCUT2D eigenvalue weighted by Crippen LogP contribution is -2.50. The Labute approximate surface area is 193 Å². The Kier molecular flexibility index (Phi) is 9.74. The largest absolute Gasteiger partial charge is 0.490 e. The van der Waals surface area contributed by atoms with Gasteiger partial charge >= 0.3 is 12.1 Å². The summed E-state index contributed by atoms with van der Waals surface area (Å²) in [5, 5.41) is 7.12. The molecule has 11 heteroatoms. The van der Waals surface area contributed by atoms with E-state index in [4.69, 9.17) is 20.4 Å². The molecule has 0 radical (unpaired) electrons. The molecule has 0 aromatic carbocycles. The van der Waals surface area contributed by atoms with E-state index in [1.165, 1.54) is 0 Å². The van der Waals surface area contributed by atoms with Crippen LogP contribution in [0.1, 0.15) is 58.8 Å². The number of primary amides is 1. The number of amides is 2. The Bertz CT molecular complexity index is 702. The van der Waals surface area contributed by atoms with Crippen molar-refractivity contribution in [3.05, 3.63) is 0 Å². The van der Waals surface area contributed by atoms with Gasteiger partial charge in [-0.15, -0.1) is 0 Å². The van der Waals surface area contributed by atoms with Crippen LogP contribution in [0.5, 0.6) is 0 Å². The Morgan fingerprint density at radius 2 is 1.70 bits per heavy atom. The standard InChI is InChI=1S/C20H37N3O3.C2HF3O2/c1-18(2,17(21)25)14-23-15-19(13-16(23)24)8-10-20(11-9-19,22(3)4)7-6-12-26-5;3-2(4,5)1(6)7/h6-15H2,1-5H3,(H2,21,25);(H,6,7)/t19-,20-;. The van der Waals surface area contributed by atoms with E-state index in [9.17, 15) is 22.8 Å². The van der Waals surface area contributed by atoms with Crippen LogP contribution in [0, 0.1) is 10.8 Å². The topological polar surface area (TPSA) is 113 Å². The van der Waals surface area contributed by atoms with Gasteiger partial charge in [0.15, 0.2) is 0 Å². The molecule has 1 heterocycles. The summed E-state index contributed by atoms with van der Waals surface area (Å²) >= 11 is 0. The van der Waals surface area contributed by atoms with Crippen molar-refractivity contribution in [1.82, 2.24) is 9.80 Å². The van der Waals surface area contributed by atoms with Gasteiger partial charge in [-0.3, -0.25) is 9.59 Å². The summed E-state index contributed by atoms with van der Waals surface area (Å²) in [6.07, 6.45) is 2.10. The number of carbonyl (C=O) groups is 3. The molecule has 0 aromatic rings. The summed E-state index contributed by atoms with van der Waals surface area (Å²) in [6.45, 7) is 5.64. The highest BCUT2D eigenvalue weighted by Crippen LogP contribution is 2.50. The van der Waals surface area contributed by atoms with Crippen LogP contribution in [-0.2, 0) is 19.1 Å². The normalized spacial score (nSPS) is 25.8. The highest BCUT2D eigenvalue weighted by molar-refractivity contribution is 5.83. The lowest BCUT2D eigenvalue weighted by molar-refractivity contribution is -0.192. The van der Waals surface area contributed by atoms with Crippen molar-refractivity contribution in [2.45, 2.75) is 70.5 Å². The van der Waals surface area contributed by atoms with Crippen LogP contribution >= 0.6 is 0 Å². The summed E-state index contributed by atoms with van der Waals surface area (Å²) in [4.78, 5) is 37.4. The summed E-state index contributed by atoms with van der Waals surface area (Å²) in [5.41, 5.74) is 5.11. The monoisotopic (exact) mass is 481 g/mol. The van der Waals surface area contributed by atoms with Crippen molar-refractivity contribution in [2.75, 3.05) is 40.9 Å². The summed E-state index contributed by atoms with van der Waals surface area (Å²) < 4.78 is 37.0. The molecule has 0 atom stereocenters. The highest BCUT2D eigenvalue weighted by Gasteiger charge is 2.50. The van der Waals surface area contributed by atoms with E-state index < -0.39 is 17.6 Å². The Morgan fingerprint density at radius 1 is 1.18 bits per heavy atom. The molecule has 2 fully saturated rings. The number of carbonyl (C=O) groups excluding carboxylic acids is 2. The quantitative estimate of drug-likeness (QED) is 0.516. The van der Waals surface area contributed by atoms with Gasteiger partial charge in [0.2, 0.25) is 11.8 Å². The fourth-order valence-corrected chi connectivity index (χ4v) is 4.73. The van der Waals surface area contributed by atoms with Crippen LogP contribution in [0.3, 0.4) is 0 Å². The second kappa shape index (κ2) is 11.0. The van der Waals surface area contributed by atoms with Crippen LogP contribution in [0.4, 0.5) is 13.2 Å². The SMILES string of the molecule is COCCC[C@]1(N(C)C)CC[C@]2(CC1)CC(=O)N(CC(C)(C)C(N)=O)C2.O=C(O)C(F)(F)F. The van der Waals surface area contributed by atoms with Crippen molar-refractivity contribution in [1.29, 1.82) is 0 Å². The molecule has 1 saturated carbocycles. The number of carboxylic acid groups (broad SMARTS) is 1. The fraction of sp³-hybridized carbons (Fsp3) is 0.864. The molecule has 192 valence electrons. The molecule has 2 amide bonds. The number of hydrogen-bond donors (Lipinski definition) is 2. The fourth-order valence-electron chi connectivity index (χ4n) is 4.73. The molecule has 1 aliphatic heterocycles. The van der Waals surface area contributed by atoms with Crippen LogP contribution in [-0.4, -0.2) is 85.3 Å². The summed E-state index contributed by atoms with van der Waals surface area (Å²) in [7, 11) is 6.10. The van der Waals surface area contributed by atoms with Gasteiger partial charge in [-0.1, -0.05) is 0 Å². The first-order chi connectivity index (χ1) is 15.0. The van der Waals surface area contributed by atoms with Crippen molar-refractivity contribution in [3.8, 4) is 0 Å². The number of carboxylic acids is 1. The number of methoxy groups -OCH3 is 1. The zero-order valence-corrected chi connectivity index (χ0v) is 20.3. The van der Waals surface area contributed by atoms with Gasteiger partial charge in [0.1, 0.15) is 0 Å². The van der Waals surface area contributed by atoms with E-state index in [1.807, 2.05) is 18.7 Å². The molecule has 0 bridgehead atoms. The minimum atomic E-state index is -5.08. The van der Waals surface area contributed by atoms with Gasteiger partial charge in [-0.25, -0.2) is 4.79 Å². The van der Waals surface area contributed by atoms with Gasteiger partial charge in [-0.2, -0.15) is 13.2 Å². The Hall–Kier alpha value is -1.88. The maximum absolute atomic E-state index is 12.6. The van der Waals surface area contributed by atoms with Gasteiger partial charge in [-0.05, 0) is 71.9 Å². The number of rotatable bonds is 8. The minimum absolute atomic E-state index is 0.0750. The van der Waals surface area contributed by atoms with Crippen LogP contribution in [0.25, 0.3) is 0 Å². The van der Waals surface area contributed by atoms with Crippen molar-refractivity contribution < 1.29 is 37.4 Å². The lowest BCUT2D eigenvalue weighted by atomic mass is 9.65. The third kappa shape index (κ3) is 7.84. The van der Waals surface area contributed by atoms with E-state index >= 15 is 0 Å². The third-order valence-electron chi connectivity index (χ3n) is 7.08. The van der Waals surface area contributed by atoms with E-state index in [0.717, 1.165) is 51.7 Å². The maximum Gasteiger partial charge on any atom is 0.490 e. The molecule has 1 spiro atoms. The van der Waals surface area contributed by atoms with Gasteiger partial charge in [0.25, 0.3) is 0 Å². The predicted molar refractivity (Wildman–Crippen MR) is 116 cm³/mol. The molecule has 2 aliphatic rings. The van der Waals surface area contributed by atoms with Crippen molar-refractivity contribution in [3.63, 3.8) is 0 Å². The minimum Gasteiger partial charge on any atom is -0.475 e. The molecule has 33 heavy (non-hydrogen) atoms. The second-order valence-electron chi connectivity index (χ2n) is 10.2. The number of ether oxygens (including phenoxy) is 1. The number of hydrogen-bond acceptors (Lipinski definition) is 5. The number of likely N-dealkylation sites (tertiary alicyclic amines) is 1. The molecular weight excluding hydrogens is 443 g/mol. The van der Waals surface area contributed by atoms with Gasteiger partial charge in [0.05, 0.1) is 5.41 Å². The van der Waals surface area contributed by atoms with Crippen LogP contribution in [0.2, 0.25) is 0 Å². The molecule has 3 N–H and O–H groups in total. The van der Waals surface area contributed by atoms with E-state index in [2.05, 4.69) is 19.0 Å². The molecule has 0 unspecified atom stereocenters. The Balaban J connectivity index is 0.000000675. The molecular formula is C22H38F3N3O5. The average molecular weight is 482 g/mol. The van der Waals surface area contributed by atoms with E-state index in [1.54, 1.807) is 7.11 Å². The number of nitrogens with zero attached hydrogens (tertiary/aromatic N) is 2. The summed E-state index contributed by atoms with van der Waals surface area (Å²) in [6, 6.07) is 0. The van der Waals surface area contributed by atoms with Crippen molar-refractivity contribution >= 4 is 17.8 Å². The van der Waals surface area contributed by atoms with E-state index in [-0.39, 0.29) is 22.8 Å². The maximum atomic E-state index is 12.6. The first-order valence-electron chi connectivity index (χ1n) is 11.0. The third-order valence-corrected chi connectivity index (χ3v) is 7.08. The molecule has 8 nitrogen and oxygen atoms in total. The smallest absolute Gasteiger partial charge is 0.475 e. The lowest BCUT2D eigenvalue weighted by Gasteiger charge is -2.48. The highest BCUT2D eigenvalue weighted by atomic mass is 19.4. The zero-order valence-electron chi connectivity index (χ0n) is 20.3. The van der Waals surface area contributed by atoms with Gasteiger partial charge in [0, 0.05) is 38.8 Å². The second-order valence-corrected chi connectivity index (χ2v) is 10.2. The van der Waals surface area contributed by atoms with E-state index in [0.29, 0.717) is 13.0 Å². The molecule has 1 aliphatic carbocycles. The first kappa shape index (κ1) is 29.2. The first-order valence-corrected chi connectivity index (χ1v) is 11.0. The van der Waals surface area contributed by atoms with Crippen molar-refractivity contribution in [2.24, 2.45) is 16.6 Å². The average Bonchev–Trinajstić information content (AvgIpc) is 2.97. The molecule has 1 saturated heterocycles. The van der Waals surface area contributed by atoms with Gasteiger partial charge < -0.3 is 25.4 Å². The molecule has 0 aromatic heterocycles.